The van der Waals surface area contributed by atoms with Gasteiger partial charge in [0, 0.05) is 19.1 Å². The molecule has 0 amide bonds. The summed E-state index contributed by atoms with van der Waals surface area (Å²) >= 11 is 0. The van der Waals surface area contributed by atoms with E-state index >= 15 is 0 Å². The molecule has 3 aliphatic rings. The molecule has 16 heavy (non-hydrogen) atoms. The van der Waals surface area contributed by atoms with E-state index in [2.05, 4.69) is 10.2 Å². The molecule has 1 saturated heterocycles. The molecule has 0 spiro atoms. The van der Waals surface area contributed by atoms with Gasteiger partial charge >= 0.3 is 0 Å². The van der Waals surface area contributed by atoms with E-state index in [1.807, 2.05) is 0 Å². The molecule has 2 nitrogen and oxygen atoms in total. The van der Waals surface area contributed by atoms with Gasteiger partial charge in [-0.1, -0.05) is 12.8 Å². The zero-order chi connectivity index (χ0) is 10.8. The Balaban J connectivity index is 1.41. The monoisotopic (exact) mass is 222 g/mol. The Labute approximate surface area is 99.8 Å². The number of rotatable bonds is 7. The van der Waals surface area contributed by atoms with Crippen LogP contribution in [0, 0.1) is 11.8 Å². The lowest BCUT2D eigenvalue weighted by Gasteiger charge is -2.25. The molecule has 1 heterocycles. The lowest BCUT2D eigenvalue weighted by Crippen LogP contribution is -2.39. The highest BCUT2D eigenvalue weighted by Crippen LogP contribution is 2.34. The normalized spacial score (nSPS) is 30.2. The highest BCUT2D eigenvalue weighted by atomic mass is 15.2. The van der Waals surface area contributed by atoms with E-state index in [1.165, 1.54) is 71.1 Å². The van der Waals surface area contributed by atoms with Crippen LogP contribution in [0.5, 0.6) is 0 Å². The average molecular weight is 222 g/mol. The highest BCUT2D eigenvalue weighted by molar-refractivity contribution is 4.83. The first-order chi connectivity index (χ1) is 7.90. The van der Waals surface area contributed by atoms with Gasteiger partial charge in [-0.05, 0) is 57.0 Å². The van der Waals surface area contributed by atoms with Crippen LogP contribution >= 0.6 is 0 Å². The first-order valence-electron chi connectivity index (χ1n) is 7.36. The summed E-state index contributed by atoms with van der Waals surface area (Å²) in [5.41, 5.74) is 0. The van der Waals surface area contributed by atoms with E-state index in [1.54, 1.807) is 0 Å². The molecule has 1 atom stereocenters. The Kier molecular flexibility index (Phi) is 3.49. The van der Waals surface area contributed by atoms with Crippen molar-refractivity contribution in [2.24, 2.45) is 11.8 Å². The molecule has 2 heteroatoms. The maximum absolute atomic E-state index is 3.64. The quantitative estimate of drug-likeness (QED) is 0.711. The predicted octanol–water partition coefficient (Wildman–Crippen LogP) is 2.25. The molecular weight excluding hydrogens is 196 g/mol. The maximum atomic E-state index is 3.64. The third-order valence-corrected chi connectivity index (χ3v) is 4.40. The predicted molar refractivity (Wildman–Crippen MR) is 67.5 cm³/mol. The molecule has 0 aromatic rings. The lowest BCUT2D eigenvalue weighted by molar-refractivity contribution is 0.233. The molecule has 1 N–H and O–H groups in total. The maximum Gasteiger partial charge on any atom is 0.0195 e. The van der Waals surface area contributed by atoms with Gasteiger partial charge in [-0.3, -0.25) is 0 Å². The molecule has 0 radical (unpaired) electrons. The van der Waals surface area contributed by atoms with Crippen LogP contribution in [-0.2, 0) is 0 Å². The van der Waals surface area contributed by atoms with E-state index in [4.69, 9.17) is 0 Å². The summed E-state index contributed by atoms with van der Waals surface area (Å²) in [6.07, 6.45) is 10.3. The Morgan fingerprint density at radius 3 is 2.38 bits per heavy atom. The minimum atomic E-state index is 0.804. The van der Waals surface area contributed by atoms with E-state index in [0.29, 0.717) is 0 Å². The van der Waals surface area contributed by atoms with Crippen LogP contribution < -0.4 is 5.32 Å². The summed E-state index contributed by atoms with van der Waals surface area (Å²) in [7, 11) is 0. The zero-order valence-corrected chi connectivity index (χ0v) is 10.5. The van der Waals surface area contributed by atoms with Gasteiger partial charge in [0.25, 0.3) is 0 Å². The smallest absolute Gasteiger partial charge is 0.0195 e. The van der Waals surface area contributed by atoms with Gasteiger partial charge in [-0.15, -0.1) is 0 Å². The van der Waals surface area contributed by atoms with Crippen molar-refractivity contribution in [1.29, 1.82) is 0 Å². The van der Waals surface area contributed by atoms with E-state index in [-0.39, 0.29) is 0 Å². The summed E-state index contributed by atoms with van der Waals surface area (Å²) in [5, 5.41) is 3.64. The second kappa shape index (κ2) is 5.05. The number of nitrogens with one attached hydrogen (secondary N) is 1. The summed E-state index contributed by atoms with van der Waals surface area (Å²) < 4.78 is 0. The van der Waals surface area contributed by atoms with Gasteiger partial charge in [0.1, 0.15) is 0 Å². The minimum Gasteiger partial charge on any atom is -0.313 e. The van der Waals surface area contributed by atoms with Crippen molar-refractivity contribution in [2.45, 2.75) is 51.0 Å². The summed E-state index contributed by atoms with van der Waals surface area (Å²) in [6, 6.07) is 0.804. The van der Waals surface area contributed by atoms with Crippen LogP contribution in [0.2, 0.25) is 0 Å². The van der Waals surface area contributed by atoms with Crippen LogP contribution in [0.1, 0.15) is 44.9 Å². The summed E-state index contributed by atoms with van der Waals surface area (Å²) in [5.74, 6) is 2.15. The standard InChI is InChI=1S/C14H26N2/c1-2-14(15-8-1)11-16(10-13-5-6-13)9-7-12-3-4-12/h12-15H,1-11H2. The average Bonchev–Trinajstić information content (AvgIpc) is 3.18. The molecule has 92 valence electrons. The van der Waals surface area contributed by atoms with Crippen molar-refractivity contribution >= 4 is 0 Å². The molecule has 1 unspecified atom stereocenters. The number of hydrogen-bond acceptors (Lipinski definition) is 2. The fraction of sp³-hybridized carbons (Fsp3) is 1.00. The Hall–Kier alpha value is -0.0800. The van der Waals surface area contributed by atoms with Crippen molar-refractivity contribution in [3.63, 3.8) is 0 Å². The molecule has 0 aromatic heterocycles. The van der Waals surface area contributed by atoms with Gasteiger partial charge in [0.2, 0.25) is 0 Å². The minimum absolute atomic E-state index is 0.804. The fourth-order valence-corrected chi connectivity index (χ4v) is 2.92. The largest absolute Gasteiger partial charge is 0.313 e. The third-order valence-electron chi connectivity index (χ3n) is 4.40. The summed E-state index contributed by atoms with van der Waals surface area (Å²) in [4.78, 5) is 2.76. The molecule has 2 aliphatic carbocycles. The molecule has 3 fully saturated rings. The second-order valence-corrected chi connectivity index (χ2v) is 6.23. The molecular formula is C14H26N2. The van der Waals surface area contributed by atoms with Gasteiger partial charge in [-0.2, -0.15) is 0 Å². The van der Waals surface area contributed by atoms with E-state index in [9.17, 15) is 0 Å². The van der Waals surface area contributed by atoms with Gasteiger partial charge in [-0.25, -0.2) is 0 Å². The van der Waals surface area contributed by atoms with Gasteiger partial charge in [0.05, 0.1) is 0 Å². The Morgan fingerprint density at radius 2 is 1.75 bits per heavy atom. The molecule has 3 rings (SSSR count). The number of hydrogen-bond donors (Lipinski definition) is 1. The second-order valence-electron chi connectivity index (χ2n) is 6.23. The molecule has 0 aromatic carbocycles. The first kappa shape index (κ1) is 11.0. The first-order valence-corrected chi connectivity index (χ1v) is 7.36. The van der Waals surface area contributed by atoms with Crippen molar-refractivity contribution in [3.05, 3.63) is 0 Å². The van der Waals surface area contributed by atoms with Crippen molar-refractivity contribution < 1.29 is 0 Å². The zero-order valence-electron chi connectivity index (χ0n) is 10.5. The summed E-state index contributed by atoms with van der Waals surface area (Å²) in [6.45, 7) is 5.35. The lowest BCUT2D eigenvalue weighted by atomic mass is 10.2. The van der Waals surface area contributed by atoms with Crippen LogP contribution in [0.4, 0.5) is 0 Å². The van der Waals surface area contributed by atoms with Crippen molar-refractivity contribution in [1.82, 2.24) is 10.2 Å². The molecule has 0 bridgehead atoms. The van der Waals surface area contributed by atoms with Gasteiger partial charge < -0.3 is 10.2 Å². The van der Waals surface area contributed by atoms with E-state index in [0.717, 1.165) is 17.9 Å². The SMILES string of the molecule is C1CNC(CN(CCC2CC2)CC2CC2)C1. The fourth-order valence-electron chi connectivity index (χ4n) is 2.92. The molecule has 1 aliphatic heterocycles. The Morgan fingerprint density at radius 1 is 0.938 bits per heavy atom. The Bertz CT molecular complexity index is 215. The van der Waals surface area contributed by atoms with Crippen molar-refractivity contribution in [3.8, 4) is 0 Å². The van der Waals surface area contributed by atoms with Crippen LogP contribution in [0.25, 0.3) is 0 Å². The van der Waals surface area contributed by atoms with Gasteiger partial charge in [0.15, 0.2) is 0 Å². The van der Waals surface area contributed by atoms with E-state index < -0.39 is 0 Å². The topological polar surface area (TPSA) is 15.3 Å². The highest BCUT2D eigenvalue weighted by Gasteiger charge is 2.28. The number of nitrogens with zero attached hydrogens (tertiary/aromatic N) is 1. The van der Waals surface area contributed by atoms with Crippen LogP contribution in [-0.4, -0.2) is 37.1 Å². The third kappa shape index (κ3) is 3.46. The van der Waals surface area contributed by atoms with Crippen molar-refractivity contribution in [2.75, 3.05) is 26.2 Å². The van der Waals surface area contributed by atoms with Crippen LogP contribution in [0.3, 0.4) is 0 Å². The van der Waals surface area contributed by atoms with Crippen LogP contribution in [0.15, 0.2) is 0 Å². The molecule has 2 saturated carbocycles.